The molecule has 0 heterocycles. The maximum Gasteiger partial charge on any atom is 0.238 e. The number of sulfone groups is 1. The van der Waals surface area contributed by atoms with E-state index in [1.807, 2.05) is 0 Å². The van der Waals surface area contributed by atoms with E-state index in [2.05, 4.69) is 5.32 Å². The second-order valence-electron chi connectivity index (χ2n) is 5.95. The van der Waals surface area contributed by atoms with Crippen LogP contribution in [0.1, 0.15) is 52.4 Å². The minimum Gasteiger partial charge on any atom is -0.355 e. The third kappa shape index (κ3) is 5.75. The Morgan fingerprint density at radius 3 is 2.29 bits per heavy atom. The summed E-state index contributed by atoms with van der Waals surface area (Å²) in [7, 11) is -3.40. The van der Waals surface area contributed by atoms with Gasteiger partial charge in [-0.25, -0.2) is 8.42 Å². The Bertz CT molecular complexity index is 406. The van der Waals surface area contributed by atoms with Crippen LogP contribution >= 0.6 is 12.4 Å². The number of nitrogens with one attached hydrogen (secondary N) is 1. The smallest absolute Gasteiger partial charge is 0.238 e. The molecule has 0 aromatic heterocycles. The molecule has 1 aliphatic rings. The number of rotatable bonds is 7. The summed E-state index contributed by atoms with van der Waals surface area (Å²) < 4.78 is 25.4. The molecule has 21 heavy (non-hydrogen) atoms. The van der Waals surface area contributed by atoms with Gasteiger partial charge in [-0.15, -0.1) is 12.4 Å². The molecule has 0 aromatic rings. The molecule has 3 N–H and O–H groups in total. The van der Waals surface area contributed by atoms with Crippen LogP contribution < -0.4 is 11.1 Å². The maximum atomic E-state index is 12.7. The van der Waals surface area contributed by atoms with Gasteiger partial charge in [-0.05, 0) is 31.7 Å². The maximum absolute atomic E-state index is 12.7. The summed E-state index contributed by atoms with van der Waals surface area (Å²) in [5, 5.41) is 1.44. The SMILES string of the molecule is CC(C)C(C(=O)NCCCN)S(=O)(=O)C1CCCCC1.Cl. The number of halogens is 1. The van der Waals surface area contributed by atoms with Crippen molar-refractivity contribution in [3.05, 3.63) is 0 Å². The number of amides is 1. The van der Waals surface area contributed by atoms with E-state index >= 15 is 0 Å². The third-order valence-corrected chi connectivity index (χ3v) is 6.78. The van der Waals surface area contributed by atoms with E-state index < -0.39 is 15.1 Å². The van der Waals surface area contributed by atoms with E-state index in [4.69, 9.17) is 5.73 Å². The lowest BCUT2D eigenvalue weighted by molar-refractivity contribution is -0.121. The minimum atomic E-state index is -3.40. The highest BCUT2D eigenvalue weighted by Crippen LogP contribution is 2.28. The molecule has 5 nitrogen and oxygen atoms in total. The van der Waals surface area contributed by atoms with Crippen LogP contribution in [-0.4, -0.2) is 37.9 Å². The van der Waals surface area contributed by atoms with Crippen LogP contribution in [0.25, 0.3) is 0 Å². The molecule has 1 aliphatic carbocycles. The molecule has 1 saturated carbocycles. The molecule has 0 radical (unpaired) electrons. The lowest BCUT2D eigenvalue weighted by atomic mass is 10.0. The first-order valence-corrected chi connectivity index (χ1v) is 9.22. The Kier molecular flexibility index (Phi) is 9.49. The Morgan fingerprint density at radius 2 is 1.81 bits per heavy atom. The summed E-state index contributed by atoms with van der Waals surface area (Å²) in [4.78, 5) is 12.2. The van der Waals surface area contributed by atoms with Gasteiger partial charge in [0.05, 0.1) is 5.25 Å². The van der Waals surface area contributed by atoms with Gasteiger partial charge in [-0.3, -0.25) is 4.79 Å². The number of hydrogen-bond acceptors (Lipinski definition) is 4. The van der Waals surface area contributed by atoms with Crippen LogP contribution in [0.15, 0.2) is 0 Å². The zero-order chi connectivity index (χ0) is 15.2. The van der Waals surface area contributed by atoms with E-state index in [0.717, 1.165) is 19.3 Å². The highest BCUT2D eigenvalue weighted by atomic mass is 35.5. The summed E-state index contributed by atoms with van der Waals surface area (Å²) in [5.41, 5.74) is 5.38. The average molecular weight is 341 g/mol. The van der Waals surface area contributed by atoms with Crippen molar-refractivity contribution in [1.29, 1.82) is 0 Å². The van der Waals surface area contributed by atoms with Gasteiger partial charge in [0.15, 0.2) is 9.84 Å². The quantitative estimate of drug-likeness (QED) is 0.689. The molecule has 7 heteroatoms. The van der Waals surface area contributed by atoms with Crippen LogP contribution in [0.2, 0.25) is 0 Å². The summed E-state index contributed by atoms with van der Waals surface area (Å²) in [6.07, 6.45) is 5.05. The van der Waals surface area contributed by atoms with Gasteiger partial charge in [0.1, 0.15) is 5.25 Å². The van der Waals surface area contributed by atoms with Gasteiger partial charge in [-0.2, -0.15) is 0 Å². The molecule has 0 aromatic carbocycles. The largest absolute Gasteiger partial charge is 0.355 e. The highest BCUT2D eigenvalue weighted by molar-refractivity contribution is 7.93. The van der Waals surface area contributed by atoms with Gasteiger partial charge >= 0.3 is 0 Å². The van der Waals surface area contributed by atoms with Crippen molar-refractivity contribution in [3.63, 3.8) is 0 Å². The van der Waals surface area contributed by atoms with Crippen molar-refractivity contribution in [2.24, 2.45) is 11.7 Å². The highest BCUT2D eigenvalue weighted by Gasteiger charge is 2.40. The van der Waals surface area contributed by atoms with Crippen LogP contribution in [0.5, 0.6) is 0 Å². The van der Waals surface area contributed by atoms with Crippen molar-refractivity contribution in [1.82, 2.24) is 5.32 Å². The number of hydrogen-bond donors (Lipinski definition) is 2. The average Bonchev–Trinajstić information content (AvgIpc) is 2.39. The molecule has 0 bridgehead atoms. The fraction of sp³-hybridized carbons (Fsp3) is 0.929. The molecule has 126 valence electrons. The van der Waals surface area contributed by atoms with E-state index in [1.165, 1.54) is 0 Å². The first kappa shape index (κ1) is 20.7. The molecule has 1 amide bonds. The Labute approximate surface area is 134 Å². The Hall–Kier alpha value is -0.330. The Morgan fingerprint density at radius 1 is 1.24 bits per heavy atom. The lowest BCUT2D eigenvalue weighted by Gasteiger charge is -2.28. The van der Waals surface area contributed by atoms with Crippen molar-refractivity contribution in [2.45, 2.75) is 62.9 Å². The summed E-state index contributed by atoms with van der Waals surface area (Å²) in [6.45, 7) is 4.53. The molecule has 1 fully saturated rings. The monoisotopic (exact) mass is 340 g/mol. The number of carbonyl (C=O) groups excluding carboxylic acids is 1. The first-order valence-electron chi connectivity index (χ1n) is 7.61. The Balaban J connectivity index is 0.00000400. The fourth-order valence-electron chi connectivity index (χ4n) is 2.85. The van der Waals surface area contributed by atoms with Gasteiger partial charge in [0.2, 0.25) is 5.91 Å². The molecular weight excluding hydrogens is 312 g/mol. The second kappa shape index (κ2) is 9.64. The van der Waals surface area contributed by atoms with Gasteiger partial charge in [0, 0.05) is 6.54 Å². The molecule has 0 saturated heterocycles. The topological polar surface area (TPSA) is 89.3 Å². The van der Waals surface area contributed by atoms with Crippen molar-refractivity contribution < 1.29 is 13.2 Å². The molecule has 1 atom stereocenters. The summed E-state index contributed by atoms with van der Waals surface area (Å²) in [6, 6.07) is 0. The van der Waals surface area contributed by atoms with Crippen LogP contribution in [0.4, 0.5) is 0 Å². The molecule has 1 unspecified atom stereocenters. The van der Waals surface area contributed by atoms with E-state index in [1.54, 1.807) is 13.8 Å². The standard InChI is InChI=1S/C14H28N2O3S.ClH/c1-11(2)13(14(17)16-10-6-9-15)20(18,19)12-7-4-3-5-8-12;/h11-13H,3-10,15H2,1-2H3,(H,16,17);1H. The second-order valence-corrected chi connectivity index (χ2v) is 8.30. The molecule has 1 rings (SSSR count). The van der Waals surface area contributed by atoms with Crippen molar-refractivity contribution >= 4 is 28.2 Å². The van der Waals surface area contributed by atoms with E-state index in [0.29, 0.717) is 32.4 Å². The van der Waals surface area contributed by atoms with E-state index in [-0.39, 0.29) is 29.5 Å². The van der Waals surface area contributed by atoms with Gasteiger partial charge in [0.25, 0.3) is 0 Å². The minimum absolute atomic E-state index is 0. The van der Waals surface area contributed by atoms with Crippen molar-refractivity contribution in [3.8, 4) is 0 Å². The molecular formula is C14H29ClN2O3S. The molecule has 0 aliphatic heterocycles. The van der Waals surface area contributed by atoms with Crippen LogP contribution in [0, 0.1) is 5.92 Å². The number of nitrogens with two attached hydrogens (primary N) is 1. The number of carbonyl (C=O) groups is 1. The van der Waals surface area contributed by atoms with Crippen LogP contribution in [-0.2, 0) is 14.6 Å². The zero-order valence-corrected chi connectivity index (χ0v) is 14.6. The lowest BCUT2D eigenvalue weighted by Crippen LogP contribution is -2.47. The zero-order valence-electron chi connectivity index (χ0n) is 13.0. The predicted molar refractivity (Wildman–Crippen MR) is 88.3 cm³/mol. The molecule has 0 spiro atoms. The third-order valence-electron chi connectivity index (χ3n) is 3.91. The van der Waals surface area contributed by atoms with Gasteiger partial charge in [-0.1, -0.05) is 33.1 Å². The first-order chi connectivity index (χ1) is 9.41. The van der Waals surface area contributed by atoms with E-state index in [9.17, 15) is 13.2 Å². The van der Waals surface area contributed by atoms with Gasteiger partial charge < -0.3 is 11.1 Å². The normalized spacial score (nSPS) is 18.1. The van der Waals surface area contributed by atoms with Crippen molar-refractivity contribution in [2.75, 3.05) is 13.1 Å². The van der Waals surface area contributed by atoms with Crippen LogP contribution in [0.3, 0.4) is 0 Å². The fourth-order valence-corrected chi connectivity index (χ4v) is 5.39. The summed E-state index contributed by atoms with van der Waals surface area (Å²) >= 11 is 0. The summed E-state index contributed by atoms with van der Waals surface area (Å²) in [5.74, 6) is -0.571. The predicted octanol–water partition coefficient (Wildman–Crippen LogP) is 1.65.